The maximum atomic E-state index is 12.7. The molecule has 0 radical (unpaired) electrons. The van der Waals surface area contributed by atoms with Crippen molar-refractivity contribution in [1.29, 1.82) is 0 Å². The first kappa shape index (κ1) is 22.3. The van der Waals surface area contributed by atoms with Gasteiger partial charge in [-0.05, 0) is 49.2 Å². The Morgan fingerprint density at radius 1 is 1.00 bits per heavy atom. The SMILES string of the molecule is O=C(CCNC(=O)C1CCN(S(=O)(=O)c2ccc(Cl)cc2)CC1)Nc1ccccc1. The van der Waals surface area contributed by atoms with Crippen LogP contribution in [0.4, 0.5) is 5.69 Å². The van der Waals surface area contributed by atoms with E-state index in [1.54, 1.807) is 24.3 Å². The van der Waals surface area contributed by atoms with Gasteiger partial charge in [0.25, 0.3) is 0 Å². The van der Waals surface area contributed by atoms with Crippen LogP contribution in [0.2, 0.25) is 5.02 Å². The van der Waals surface area contributed by atoms with Gasteiger partial charge in [-0.3, -0.25) is 9.59 Å². The van der Waals surface area contributed by atoms with Crippen molar-refractivity contribution in [3.05, 3.63) is 59.6 Å². The van der Waals surface area contributed by atoms with Gasteiger partial charge >= 0.3 is 0 Å². The van der Waals surface area contributed by atoms with Crippen LogP contribution in [0, 0.1) is 5.92 Å². The molecular formula is C21H24ClN3O4S. The Hall–Kier alpha value is -2.42. The molecule has 9 heteroatoms. The molecule has 0 atom stereocenters. The molecule has 1 aliphatic rings. The highest BCUT2D eigenvalue weighted by atomic mass is 35.5. The van der Waals surface area contributed by atoms with Crippen molar-refractivity contribution in [1.82, 2.24) is 9.62 Å². The molecule has 2 aromatic carbocycles. The molecule has 0 spiro atoms. The van der Waals surface area contributed by atoms with Crippen LogP contribution in [0.3, 0.4) is 0 Å². The highest BCUT2D eigenvalue weighted by Crippen LogP contribution is 2.24. The Morgan fingerprint density at radius 2 is 1.63 bits per heavy atom. The van der Waals surface area contributed by atoms with Crippen molar-refractivity contribution >= 4 is 39.1 Å². The zero-order chi connectivity index (χ0) is 21.6. The lowest BCUT2D eigenvalue weighted by Gasteiger charge is -2.30. The van der Waals surface area contributed by atoms with E-state index < -0.39 is 10.0 Å². The number of carbonyl (C=O) groups excluding carboxylic acids is 2. The summed E-state index contributed by atoms with van der Waals surface area (Å²) in [5, 5.41) is 6.02. The normalized spacial score (nSPS) is 15.5. The Morgan fingerprint density at radius 3 is 2.27 bits per heavy atom. The molecule has 1 fully saturated rings. The van der Waals surface area contributed by atoms with E-state index in [1.807, 2.05) is 18.2 Å². The molecule has 2 N–H and O–H groups in total. The number of hydrogen-bond donors (Lipinski definition) is 2. The number of rotatable bonds is 7. The lowest BCUT2D eigenvalue weighted by atomic mass is 9.97. The molecule has 0 saturated carbocycles. The van der Waals surface area contributed by atoms with Gasteiger partial charge in [0.15, 0.2) is 0 Å². The fourth-order valence-electron chi connectivity index (χ4n) is 3.30. The molecular weight excluding hydrogens is 426 g/mol. The molecule has 0 unspecified atom stereocenters. The van der Waals surface area contributed by atoms with Gasteiger partial charge in [0.05, 0.1) is 4.90 Å². The van der Waals surface area contributed by atoms with Crippen molar-refractivity contribution in [3.63, 3.8) is 0 Å². The third-order valence-corrected chi connectivity index (χ3v) is 7.15. The Labute approximate surface area is 181 Å². The van der Waals surface area contributed by atoms with Gasteiger partial charge in [-0.15, -0.1) is 0 Å². The molecule has 160 valence electrons. The fraction of sp³-hybridized carbons (Fsp3) is 0.333. The Kier molecular flexibility index (Phi) is 7.47. The first-order valence-corrected chi connectivity index (χ1v) is 11.6. The number of halogens is 1. The van der Waals surface area contributed by atoms with Crippen molar-refractivity contribution in [2.75, 3.05) is 25.0 Å². The summed E-state index contributed by atoms with van der Waals surface area (Å²) in [6.07, 6.45) is 1.05. The van der Waals surface area contributed by atoms with E-state index in [1.165, 1.54) is 16.4 Å². The largest absolute Gasteiger partial charge is 0.355 e. The minimum Gasteiger partial charge on any atom is -0.355 e. The van der Waals surface area contributed by atoms with Gasteiger partial charge in [-0.2, -0.15) is 4.31 Å². The van der Waals surface area contributed by atoms with Crippen LogP contribution in [-0.2, 0) is 19.6 Å². The number of nitrogens with zero attached hydrogens (tertiary/aromatic N) is 1. The Balaban J connectivity index is 1.42. The van der Waals surface area contributed by atoms with E-state index in [-0.39, 0.29) is 48.7 Å². The van der Waals surface area contributed by atoms with Gasteiger partial charge in [0.2, 0.25) is 21.8 Å². The van der Waals surface area contributed by atoms with E-state index in [2.05, 4.69) is 10.6 Å². The maximum absolute atomic E-state index is 12.7. The number of para-hydroxylation sites is 1. The summed E-state index contributed by atoms with van der Waals surface area (Å²) in [6, 6.07) is 15.2. The summed E-state index contributed by atoms with van der Waals surface area (Å²) in [7, 11) is -3.60. The number of nitrogens with one attached hydrogen (secondary N) is 2. The van der Waals surface area contributed by atoms with Crippen molar-refractivity contribution < 1.29 is 18.0 Å². The van der Waals surface area contributed by atoms with E-state index in [0.29, 0.717) is 23.6 Å². The molecule has 30 heavy (non-hydrogen) atoms. The standard InChI is InChI=1S/C21H24ClN3O4S/c22-17-6-8-19(9-7-17)30(28,29)25-14-11-16(12-15-25)21(27)23-13-10-20(26)24-18-4-2-1-3-5-18/h1-9,16H,10-15H2,(H,23,27)(H,24,26). The van der Waals surface area contributed by atoms with Crippen molar-refractivity contribution in [2.45, 2.75) is 24.2 Å². The minimum atomic E-state index is -3.60. The average molecular weight is 450 g/mol. The van der Waals surface area contributed by atoms with Gasteiger partial charge in [-0.25, -0.2) is 8.42 Å². The lowest BCUT2D eigenvalue weighted by Crippen LogP contribution is -2.43. The van der Waals surface area contributed by atoms with Crippen LogP contribution >= 0.6 is 11.6 Å². The second kappa shape index (κ2) is 10.1. The summed E-state index contributed by atoms with van der Waals surface area (Å²) in [5.74, 6) is -0.588. The highest BCUT2D eigenvalue weighted by Gasteiger charge is 2.32. The van der Waals surface area contributed by atoms with E-state index in [0.717, 1.165) is 0 Å². The van der Waals surface area contributed by atoms with Crippen LogP contribution in [0.25, 0.3) is 0 Å². The summed E-state index contributed by atoms with van der Waals surface area (Å²) in [6.45, 7) is 0.788. The van der Waals surface area contributed by atoms with Crippen LogP contribution in [-0.4, -0.2) is 44.2 Å². The summed E-state index contributed by atoms with van der Waals surface area (Å²) in [4.78, 5) is 24.5. The molecule has 1 aliphatic heterocycles. The van der Waals surface area contributed by atoms with Crippen LogP contribution in [0.1, 0.15) is 19.3 Å². The number of benzene rings is 2. The Bertz CT molecular complexity index is 973. The summed E-state index contributed by atoms with van der Waals surface area (Å²) in [5.41, 5.74) is 0.711. The highest BCUT2D eigenvalue weighted by molar-refractivity contribution is 7.89. The molecule has 2 amide bonds. The lowest BCUT2D eigenvalue weighted by molar-refractivity contribution is -0.126. The van der Waals surface area contributed by atoms with Crippen LogP contribution in [0.5, 0.6) is 0 Å². The first-order chi connectivity index (χ1) is 14.4. The van der Waals surface area contributed by atoms with E-state index >= 15 is 0 Å². The first-order valence-electron chi connectivity index (χ1n) is 9.74. The predicted molar refractivity (Wildman–Crippen MR) is 116 cm³/mol. The molecule has 1 heterocycles. The van der Waals surface area contributed by atoms with Gasteiger partial charge in [-0.1, -0.05) is 29.8 Å². The topological polar surface area (TPSA) is 95.6 Å². The minimum absolute atomic E-state index is 0.147. The van der Waals surface area contributed by atoms with E-state index in [9.17, 15) is 18.0 Å². The quantitative estimate of drug-likeness (QED) is 0.679. The van der Waals surface area contributed by atoms with E-state index in [4.69, 9.17) is 11.6 Å². The fourth-order valence-corrected chi connectivity index (χ4v) is 4.90. The monoisotopic (exact) mass is 449 g/mol. The number of amides is 2. The van der Waals surface area contributed by atoms with Gasteiger partial charge in [0.1, 0.15) is 0 Å². The zero-order valence-corrected chi connectivity index (χ0v) is 18.0. The molecule has 3 rings (SSSR count). The molecule has 0 bridgehead atoms. The second-order valence-corrected chi connectivity index (χ2v) is 9.46. The summed E-state index contributed by atoms with van der Waals surface area (Å²) >= 11 is 5.83. The molecule has 2 aromatic rings. The number of carbonyl (C=O) groups is 2. The average Bonchev–Trinajstić information content (AvgIpc) is 2.75. The smallest absolute Gasteiger partial charge is 0.243 e. The van der Waals surface area contributed by atoms with Gasteiger partial charge in [0, 0.05) is 42.7 Å². The number of piperidine rings is 1. The number of sulfonamides is 1. The third-order valence-electron chi connectivity index (χ3n) is 4.98. The van der Waals surface area contributed by atoms with Gasteiger partial charge < -0.3 is 10.6 Å². The van der Waals surface area contributed by atoms with Crippen LogP contribution < -0.4 is 10.6 Å². The molecule has 1 saturated heterocycles. The predicted octanol–water partition coefficient (Wildman–Crippen LogP) is 2.89. The third kappa shape index (κ3) is 5.81. The number of hydrogen-bond acceptors (Lipinski definition) is 4. The summed E-state index contributed by atoms with van der Waals surface area (Å²) < 4.78 is 26.8. The van der Waals surface area contributed by atoms with Crippen LogP contribution in [0.15, 0.2) is 59.5 Å². The molecule has 0 aromatic heterocycles. The van der Waals surface area contributed by atoms with Crippen molar-refractivity contribution in [3.8, 4) is 0 Å². The zero-order valence-electron chi connectivity index (χ0n) is 16.4. The molecule has 0 aliphatic carbocycles. The maximum Gasteiger partial charge on any atom is 0.243 e. The van der Waals surface area contributed by atoms with Crippen molar-refractivity contribution in [2.24, 2.45) is 5.92 Å². The molecule has 7 nitrogen and oxygen atoms in total. The number of anilines is 1. The second-order valence-electron chi connectivity index (χ2n) is 7.09.